The van der Waals surface area contributed by atoms with Crippen LogP contribution in [0.25, 0.3) is 5.69 Å². The predicted octanol–water partition coefficient (Wildman–Crippen LogP) is 3.33. The van der Waals surface area contributed by atoms with Crippen molar-refractivity contribution >= 4 is 27.3 Å². The molecule has 0 unspecified atom stereocenters. The first kappa shape index (κ1) is 22.0. The smallest absolute Gasteiger partial charge is 0.292 e. The second-order valence-electron chi connectivity index (χ2n) is 7.13. The van der Waals surface area contributed by atoms with E-state index in [4.69, 9.17) is 11.6 Å². The Morgan fingerprint density at radius 1 is 1.03 bits per heavy atom. The number of aromatic nitrogens is 2. The number of hydrogen-bond acceptors (Lipinski definition) is 5. The summed E-state index contributed by atoms with van der Waals surface area (Å²) in [6.45, 7) is 3.97. The summed E-state index contributed by atoms with van der Waals surface area (Å²) >= 11 is 6.24. The van der Waals surface area contributed by atoms with Gasteiger partial charge in [0.1, 0.15) is 5.02 Å². The number of nitrogens with zero attached hydrogens (tertiary/aromatic N) is 2. The zero-order valence-electron chi connectivity index (χ0n) is 16.7. The molecule has 0 aliphatic heterocycles. The van der Waals surface area contributed by atoms with Gasteiger partial charge in [-0.05, 0) is 37.1 Å². The van der Waals surface area contributed by atoms with Crippen molar-refractivity contribution in [2.75, 3.05) is 5.32 Å². The van der Waals surface area contributed by atoms with E-state index < -0.39 is 15.6 Å². The fourth-order valence-corrected chi connectivity index (χ4v) is 4.51. The fraction of sp³-hybridized carbons (Fsp3) is 0.238. The Hall–Kier alpha value is -2.68. The Kier molecular flexibility index (Phi) is 6.91. The summed E-state index contributed by atoms with van der Waals surface area (Å²) in [5.74, 6) is -0.0770. The van der Waals surface area contributed by atoms with Crippen LogP contribution in [0.15, 0.2) is 65.6 Å². The van der Waals surface area contributed by atoms with E-state index in [2.05, 4.69) is 15.1 Å². The molecule has 7 nitrogen and oxygen atoms in total. The van der Waals surface area contributed by atoms with Gasteiger partial charge in [0.25, 0.3) is 5.56 Å². The van der Waals surface area contributed by atoms with Gasteiger partial charge in [0, 0.05) is 12.6 Å². The van der Waals surface area contributed by atoms with Crippen LogP contribution in [0, 0.1) is 0 Å². The van der Waals surface area contributed by atoms with Gasteiger partial charge in [-0.25, -0.2) is 13.1 Å². The number of sulfonamides is 1. The van der Waals surface area contributed by atoms with Gasteiger partial charge in [-0.2, -0.15) is 9.78 Å². The summed E-state index contributed by atoms with van der Waals surface area (Å²) in [6, 6.07) is 16.1. The van der Waals surface area contributed by atoms with Crippen LogP contribution >= 0.6 is 11.6 Å². The van der Waals surface area contributed by atoms with Crippen molar-refractivity contribution in [3.05, 3.63) is 87.3 Å². The number of benzene rings is 2. The summed E-state index contributed by atoms with van der Waals surface area (Å²) in [7, 11) is -3.37. The highest BCUT2D eigenvalue weighted by Crippen LogP contribution is 2.18. The standard InChI is InChI=1S/C21H23ClN4O3S/c1-15(2)25-30(28,29)14-17-10-8-16(9-11-17)12-23-19-13-24-26(21(27)20(19)22)18-6-4-3-5-7-18/h3-11,13,15,23,25H,12,14H2,1-2H3. The van der Waals surface area contributed by atoms with Gasteiger partial charge in [0.15, 0.2) is 0 Å². The van der Waals surface area contributed by atoms with Gasteiger partial charge in [-0.15, -0.1) is 0 Å². The first-order valence-corrected chi connectivity index (χ1v) is 11.4. The molecule has 0 amide bonds. The SMILES string of the molecule is CC(C)NS(=O)(=O)Cc1ccc(CNc2cnn(-c3ccccc3)c(=O)c2Cl)cc1. The molecule has 3 rings (SSSR count). The van der Waals surface area contributed by atoms with Crippen LogP contribution in [0.2, 0.25) is 5.02 Å². The van der Waals surface area contributed by atoms with Crippen LogP contribution < -0.4 is 15.6 Å². The first-order valence-electron chi connectivity index (χ1n) is 9.40. The molecular weight excluding hydrogens is 424 g/mol. The second-order valence-corrected chi connectivity index (χ2v) is 9.26. The van der Waals surface area contributed by atoms with Crippen molar-refractivity contribution in [2.24, 2.45) is 0 Å². The molecule has 0 radical (unpaired) electrons. The van der Waals surface area contributed by atoms with Crippen molar-refractivity contribution < 1.29 is 8.42 Å². The maximum Gasteiger partial charge on any atom is 0.292 e. The van der Waals surface area contributed by atoms with E-state index in [-0.39, 0.29) is 16.8 Å². The van der Waals surface area contributed by atoms with Crippen LogP contribution in [0.4, 0.5) is 5.69 Å². The van der Waals surface area contributed by atoms with Crippen LogP contribution in [0.3, 0.4) is 0 Å². The first-order chi connectivity index (χ1) is 14.2. The summed E-state index contributed by atoms with van der Waals surface area (Å²) in [4.78, 5) is 12.5. The maximum absolute atomic E-state index is 12.5. The van der Waals surface area contributed by atoms with Gasteiger partial charge >= 0.3 is 0 Å². The quantitative estimate of drug-likeness (QED) is 0.553. The Morgan fingerprint density at radius 2 is 1.67 bits per heavy atom. The van der Waals surface area contributed by atoms with E-state index in [0.29, 0.717) is 23.5 Å². The molecule has 0 bridgehead atoms. The monoisotopic (exact) mass is 446 g/mol. The van der Waals surface area contributed by atoms with Gasteiger partial charge in [0.2, 0.25) is 10.0 Å². The topological polar surface area (TPSA) is 93.1 Å². The number of anilines is 1. The van der Waals surface area contributed by atoms with E-state index in [1.807, 2.05) is 30.3 Å². The Balaban J connectivity index is 1.67. The zero-order chi connectivity index (χ0) is 21.7. The molecule has 0 aliphatic carbocycles. The largest absolute Gasteiger partial charge is 0.378 e. The molecule has 0 saturated carbocycles. The fourth-order valence-electron chi connectivity index (χ4n) is 2.88. The normalized spacial score (nSPS) is 11.6. The molecule has 0 fully saturated rings. The van der Waals surface area contributed by atoms with Gasteiger partial charge < -0.3 is 5.32 Å². The van der Waals surface area contributed by atoms with E-state index in [9.17, 15) is 13.2 Å². The van der Waals surface area contributed by atoms with E-state index >= 15 is 0 Å². The van der Waals surface area contributed by atoms with E-state index in [1.165, 1.54) is 10.9 Å². The van der Waals surface area contributed by atoms with Gasteiger partial charge in [0.05, 0.1) is 23.3 Å². The summed E-state index contributed by atoms with van der Waals surface area (Å²) < 4.78 is 27.9. The molecule has 158 valence electrons. The molecule has 2 N–H and O–H groups in total. The molecule has 0 spiro atoms. The van der Waals surface area contributed by atoms with E-state index in [1.54, 1.807) is 38.1 Å². The molecule has 2 aromatic carbocycles. The summed E-state index contributed by atoms with van der Waals surface area (Å²) in [5, 5.41) is 7.34. The van der Waals surface area contributed by atoms with E-state index in [0.717, 1.165) is 5.56 Å². The Labute approximate surface area is 180 Å². The number of hydrogen-bond donors (Lipinski definition) is 2. The molecule has 1 heterocycles. The lowest BCUT2D eigenvalue weighted by Crippen LogP contribution is -2.31. The molecule has 30 heavy (non-hydrogen) atoms. The van der Waals surface area contributed by atoms with Crippen molar-refractivity contribution in [1.82, 2.24) is 14.5 Å². The average molecular weight is 447 g/mol. The maximum atomic E-state index is 12.5. The van der Waals surface area contributed by atoms with Crippen LogP contribution in [-0.4, -0.2) is 24.2 Å². The third-order valence-corrected chi connectivity index (χ3v) is 6.11. The van der Waals surface area contributed by atoms with Crippen molar-refractivity contribution in [2.45, 2.75) is 32.2 Å². The minimum Gasteiger partial charge on any atom is -0.378 e. The highest BCUT2D eigenvalue weighted by molar-refractivity contribution is 7.88. The number of nitrogens with one attached hydrogen (secondary N) is 2. The predicted molar refractivity (Wildman–Crippen MR) is 120 cm³/mol. The number of para-hydroxylation sites is 1. The molecular formula is C21H23ClN4O3S. The highest BCUT2D eigenvalue weighted by atomic mass is 35.5. The zero-order valence-corrected chi connectivity index (χ0v) is 18.2. The third kappa shape index (κ3) is 5.69. The molecule has 0 saturated heterocycles. The molecule has 9 heteroatoms. The number of rotatable bonds is 8. The van der Waals surface area contributed by atoms with Crippen LogP contribution in [0.1, 0.15) is 25.0 Å². The average Bonchev–Trinajstić information content (AvgIpc) is 2.69. The number of halogens is 1. The van der Waals surface area contributed by atoms with Crippen LogP contribution in [-0.2, 0) is 22.3 Å². The molecule has 3 aromatic rings. The third-order valence-electron chi connectivity index (χ3n) is 4.20. The van der Waals surface area contributed by atoms with Crippen molar-refractivity contribution in [3.8, 4) is 5.69 Å². The second kappa shape index (κ2) is 9.42. The lowest BCUT2D eigenvalue weighted by atomic mass is 10.1. The highest BCUT2D eigenvalue weighted by Gasteiger charge is 2.13. The molecule has 0 atom stereocenters. The molecule has 1 aromatic heterocycles. The summed E-state index contributed by atoms with van der Waals surface area (Å²) in [6.07, 6.45) is 1.51. The van der Waals surface area contributed by atoms with Crippen molar-refractivity contribution in [1.29, 1.82) is 0 Å². The minimum atomic E-state index is -3.37. The van der Waals surface area contributed by atoms with Gasteiger partial charge in [-0.1, -0.05) is 54.1 Å². The minimum absolute atomic E-state index is 0.0522. The molecule has 0 aliphatic rings. The van der Waals surface area contributed by atoms with Crippen molar-refractivity contribution in [3.63, 3.8) is 0 Å². The van der Waals surface area contributed by atoms with Crippen LogP contribution in [0.5, 0.6) is 0 Å². The lowest BCUT2D eigenvalue weighted by Gasteiger charge is -2.11. The van der Waals surface area contributed by atoms with Gasteiger partial charge in [-0.3, -0.25) is 4.79 Å². The summed E-state index contributed by atoms with van der Waals surface area (Å²) in [5.41, 5.74) is 2.26. The Morgan fingerprint density at radius 3 is 2.30 bits per heavy atom. The lowest BCUT2D eigenvalue weighted by molar-refractivity contribution is 0.569. The Bertz CT molecular complexity index is 1160.